The summed E-state index contributed by atoms with van der Waals surface area (Å²) in [6, 6.07) is 7.36. The number of hydrogen-bond donors (Lipinski definition) is 0. The lowest BCUT2D eigenvalue weighted by atomic mass is 10.1. The fourth-order valence-electron chi connectivity index (χ4n) is 3.19. The highest BCUT2D eigenvalue weighted by Crippen LogP contribution is 2.29. The van der Waals surface area contributed by atoms with E-state index < -0.39 is 0 Å². The van der Waals surface area contributed by atoms with Gasteiger partial charge in [-0.1, -0.05) is 17.3 Å². The van der Waals surface area contributed by atoms with E-state index in [1.54, 1.807) is 18.2 Å². The van der Waals surface area contributed by atoms with E-state index in [1.807, 2.05) is 11.0 Å². The van der Waals surface area contributed by atoms with Gasteiger partial charge in [0, 0.05) is 25.1 Å². The molecule has 1 aliphatic heterocycles. The van der Waals surface area contributed by atoms with Crippen molar-refractivity contribution in [2.75, 3.05) is 19.8 Å². The molecule has 0 unspecified atom stereocenters. The zero-order valence-electron chi connectivity index (χ0n) is 13.4. The normalized spacial score (nSPS) is 20.4. The summed E-state index contributed by atoms with van der Waals surface area (Å²) in [4.78, 5) is 27.1. The number of ether oxygens (including phenoxy) is 1. The first kappa shape index (κ1) is 15.3. The summed E-state index contributed by atoms with van der Waals surface area (Å²) >= 11 is 0. The van der Waals surface area contributed by atoms with Gasteiger partial charge in [0.2, 0.25) is 5.91 Å². The Morgan fingerprint density at radius 1 is 1.29 bits per heavy atom. The van der Waals surface area contributed by atoms with Crippen molar-refractivity contribution in [2.24, 2.45) is 5.92 Å². The monoisotopic (exact) mass is 328 g/mol. The predicted molar refractivity (Wildman–Crippen MR) is 87.5 cm³/mol. The molecule has 0 radical (unpaired) electrons. The summed E-state index contributed by atoms with van der Waals surface area (Å²) in [5.74, 6) is 0.338. The van der Waals surface area contributed by atoms with Crippen molar-refractivity contribution in [1.29, 1.82) is 0 Å². The number of hydrogen-bond acceptors (Lipinski definition) is 5. The Labute approximate surface area is 139 Å². The van der Waals surface area contributed by atoms with E-state index in [0.29, 0.717) is 36.0 Å². The summed E-state index contributed by atoms with van der Waals surface area (Å²) in [7, 11) is 0. The van der Waals surface area contributed by atoms with Crippen LogP contribution in [0.2, 0.25) is 0 Å². The minimum Gasteiger partial charge on any atom is -0.381 e. The lowest BCUT2D eigenvalue weighted by Gasteiger charge is -2.25. The van der Waals surface area contributed by atoms with Crippen molar-refractivity contribution < 1.29 is 9.53 Å². The molecule has 2 aliphatic rings. The van der Waals surface area contributed by atoms with Gasteiger partial charge in [0.15, 0.2) is 0 Å². The van der Waals surface area contributed by atoms with Gasteiger partial charge in [-0.05, 0) is 31.4 Å². The van der Waals surface area contributed by atoms with Crippen LogP contribution in [0, 0.1) is 5.92 Å². The first-order valence-corrected chi connectivity index (χ1v) is 8.42. The molecular weight excluding hydrogens is 308 g/mol. The molecule has 0 bridgehead atoms. The predicted octanol–water partition coefficient (Wildman–Crippen LogP) is 0.819. The Hall–Kier alpha value is -2.28. The second-order valence-electron chi connectivity index (χ2n) is 6.58. The highest BCUT2D eigenvalue weighted by molar-refractivity contribution is 5.78. The lowest BCUT2D eigenvalue weighted by Crippen LogP contribution is -2.41. The molecule has 1 aromatic carbocycles. The quantitative estimate of drug-likeness (QED) is 0.812. The summed E-state index contributed by atoms with van der Waals surface area (Å²) in [5, 5.41) is 8.45. The molecule has 24 heavy (non-hydrogen) atoms. The van der Waals surface area contributed by atoms with Crippen molar-refractivity contribution in [2.45, 2.75) is 31.8 Å². The van der Waals surface area contributed by atoms with Crippen molar-refractivity contribution in [3.8, 4) is 0 Å². The number of amides is 1. The van der Waals surface area contributed by atoms with E-state index in [0.717, 1.165) is 25.9 Å². The third kappa shape index (κ3) is 3.03. The maximum atomic E-state index is 12.7. The molecule has 0 spiro atoms. The average Bonchev–Trinajstić information content (AvgIpc) is 3.31. The van der Waals surface area contributed by atoms with E-state index in [1.165, 1.54) is 4.68 Å². The van der Waals surface area contributed by atoms with Gasteiger partial charge in [-0.2, -0.15) is 0 Å². The highest BCUT2D eigenvalue weighted by Gasteiger charge is 2.35. The molecule has 7 nitrogen and oxygen atoms in total. The number of nitrogens with zero attached hydrogens (tertiary/aromatic N) is 4. The molecule has 1 saturated carbocycles. The zero-order chi connectivity index (χ0) is 16.5. The third-order valence-electron chi connectivity index (χ3n) is 4.70. The molecule has 2 fully saturated rings. The van der Waals surface area contributed by atoms with Gasteiger partial charge in [0.25, 0.3) is 5.56 Å². The highest BCUT2D eigenvalue weighted by atomic mass is 16.5. The van der Waals surface area contributed by atoms with Crippen molar-refractivity contribution in [1.82, 2.24) is 19.9 Å². The fourth-order valence-corrected chi connectivity index (χ4v) is 3.19. The number of rotatable bonds is 5. The molecule has 2 aromatic rings. The molecule has 1 saturated heterocycles. The first-order chi connectivity index (χ1) is 11.7. The molecule has 7 heteroatoms. The third-order valence-corrected chi connectivity index (χ3v) is 4.70. The smallest absolute Gasteiger partial charge is 0.278 e. The minimum absolute atomic E-state index is 0.0548. The topological polar surface area (TPSA) is 77.3 Å². The van der Waals surface area contributed by atoms with Crippen LogP contribution in [0.3, 0.4) is 0 Å². The first-order valence-electron chi connectivity index (χ1n) is 8.42. The molecular formula is C17H20N4O3. The Bertz CT molecular complexity index is 809. The van der Waals surface area contributed by atoms with E-state index in [4.69, 9.17) is 4.74 Å². The summed E-state index contributed by atoms with van der Waals surface area (Å²) in [6.45, 7) is 2.14. The number of benzene rings is 1. The van der Waals surface area contributed by atoms with Crippen LogP contribution in [0.15, 0.2) is 29.1 Å². The van der Waals surface area contributed by atoms with E-state index in [2.05, 4.69) is 10.3 Å². The Balaban J connectivity index is 1.53. The minimum atomic E-state index is -0.270. The lowest BCUT2D eigenvalue weighted by molar-refractivity contribution is -0.133. The second kappa shape index (κ2) is 6.32. The molecule has 126 valence electrons. The fraction of sp³-hybridized carbons (Fsp3) is 0.529. The number of aromatic nitrogens is 3. The summed E-state index contributed by atoms with van der Waals surface area (Å²) in [6.07, 6.45) is 3.07. The Morgan fingerprint density at radius 2 is 2.12 bits per heavy atom. The molecule has 1 aromatic heterocycles. The molecule has 1 atom stereocenters. The van der Waals surface area contributed by atoms with Gasteiger partial charge in [-0.25, -0.2) is 4.68 Å². The van der Waals surface area contributed by atoms with Crippen LogP contribution >= 0.6 is 0 Å². The largest absolute Gasteiger partial charge is 0.381 e. The van der Waals surface area contributed by atoms with Crippen LogP contribution < -0.4 is 5.56 Å². The van der Waals surface area contributed by atoms with Crippen LogP contribution in [0.5, 0.6) is 0 Å². The second-order valence-corrected chi connectivity index (χ2v) is 6.58. The van der Waals surface area contributed by atoms with Crippen LogP contribution in [0.1, 0.15) is 19.3 Å². The van der Waals surface area contributed by atoms with E-state index >= 15 is 0 Å². The van der Waals surface area contributed by atoms with Crippen LogP contribution in [-0.4, -0.2) is 51.6 Å². The Kier molecular flexibility index (Phi) is 4.02. The van der Waals surface area contributed by atoms with E-state index in [9.17, 15) is 9.59 Å². The number of fused-ring (bicyclic) bond motifs is 1. The standard InChI is InChI=1S/C17H20N4O3/c22-16(20(13-5-6-13)9-12-7-8-24-11-12)10-21-17(23)14-3-1-2-4-15(14)18-19-21/h1-4,12-13H,5-11H2/t12-/m0/s1. The van der Waals surface area contributed by atoms with Crippen LogP contribution in [-0.2, 0) is 16.1 Å². The van der Waals surface area contributed by atoms with Gasteiger partial charge in [0.1, 0.15) is 12.1 Å². The van der Waals surface area contributed by atoms with Gasteiger partial charge >= 0.3 is 0 Å². The Morgan fingerprint density at radius 3 is 2.88 bits per heavy atom. The number of carbonyl (C=O) groups excluding carboxylic acids is 1. The van der Waals surface area contributed by atoms with Crippen molar-refractivity contribution >= 4 is 16.8 Å². The van der Waals surface area contributed by atoms with Gasteiger partial charge < -0.3 is 9.64 Å². The van der Waals surface area contributed by atoms with Crippen molar-refractivity contribution in [3.63, 3.8) is 0 Å². The molecule has 1 aliphatic carbocycles. The average molecular weight is 328 g/mol. The maximum Gasteiger partial charge on any atom is 0.278 e. The van der Waals surface area contributed by atoms with Crippen LogP contribution in [0.25, 0.3) is 10.9 Å². The SMILES string of the molecule is O=C(Cn1nnc2ccccc2c1=O)N(C[C@@H]1CCOC1)C1CC1. The molecule has 2 heterocycles. The number of carbonyl (C=O) groups is 1. The van der Waals surface area contributed by atoms with Gasteiger partial charge in [0.05, 0.1) is 12.0 Å². The summed E-state index contributed by atoms with van der Waals surface area (Å²) < 4.78 is 6.58. The van der Waals surface area contributed by atoms with Crippen molar-refractivity contribution in [3.05, 3.63) is 34.6 Å². The molecule has 0 N–H and O–H groups in total. The maximum absolute atomic E-state index is 12.7. The summed E-state index contributed by atoms with van der Waals surface area (Å²) in [5.41, 5.74) is 0.280. The van der Waals surface area contributed by atoms with Gasteiger partial charge in [-0.15, -0.1) is 5.10 Å². The molecule has 4 rings (SSSR count). The molecule has 1 amide bonds. The van der Waals surface area contributed by atoms with Gasteiger partial charge in [-0.3, -0.25) is 9.59 Å². The zero-order valence-corrected chi connectivity index (χ0v) is 13.4. The van der Waals surface area contributed by atoms with Crippen LogP contribution in [0.4, 0.5) is 0 Å². The van der Waals surface area contributed by atoms with E-state index in [-0.39, 0.29) is 18.0 Å².